The van der Waals surface area contributed by atoms with E-state index in [0.29, 0.717) is 18.2 Å². The fourth-order valence-electron chi connectivity index (χ4n) is 1.90. The van der Waals surface area contributed by atoms with E-state index < -0.39 is 0 Å². The van der Waals surface area contributed by atoms with E-state index in [2.05, 4.69) is 10.3 Å². The molecule has 0 aliphatic carbocycles. The summed E-state index contributed by atoms with van der Waals surface area (Å²) in [7, 11) is 0. The molecule has 1 aliphatic rings. The maximum absolute atomic E-state index is 8.74. The molecule has 0 bridgehead atoms. The molecule has 1 aromatic rings. The predicted octanol–water partition coefficient (Wildman–Crippen LogP) is 1.10. The fourth-order valence-corrected chi connectivity index (χ4v) is 1.90. The maximum Gasteiger partial charge on any atom is 0.214 e. The van der Waals surface area contributed by atoms with Gasteiger partial charge in [-0.3, -0.25) is 0 Å². The first kappa shape index (κ1) is 12.8. The largest absolute Gasteiger partial charge is 0.475 e. The highest BCUT2D eigenvalue weighted by atomic mass is 16.6. The zero-order valence-corrected chi connectivity index (χ0v) is 10.6. The zero-order valence-electron chi connectivity index (χ0n) is 10.6. The molecular formula is C13H17N3O2. The number of rotatable bonds is 3. The Morgan fingerprint density at radius 1 is 1.61 bits per heavy atom. The Kier molecular flexibility index (Phi) is 3.80. The average molecular weight is 247 g/mol. The smallest absolute Gasteiger partial charge is 0.214 e. The van der Waals surface area contributed by atoms with Crippen molar-refractivity contribution < 1.29 is 9.47 Å². The van der Waals surface area contributed by atoms with Crippen LogP contribution in [0.5, 0.6) is 5.88 Å². The second kappa shape index (κ2) is 5.34. The molecule has 18 heavy (non-hydrogen) atoms. The Balaban J connectivity index is 1.89. The SMILES string of the molecule is CC1(C)CNCC(COc2cccc(C#N)n2)O1. The number of ether oxygens (including phenoxy) is 2. The Morgan fingerprint density at radius 3 is 3.17 bits per heavy atom. The Morgan fingerprint density at radius 2 is 2.44 bits per heavy atom. The number of nitriles is 1. The molecule has 1 aromatic heterocycles. The van der Waals surface area contributed by atoms with E-state index in [1.807, 2.05) is 19.9 Å². The highest BCUT2D eigenvalue weighted by Crippen LogP contribution is 2.16. The summed E-state index contributed by atoms with van der Waals surface area (Å²) in [6, 6.07) is 7.12. The van der Waals surface area contributed by atoms with Gasteiger partial charge in [-0.15, -0.1) is 0 Å². The minimum absolute atomic E-state index is 0.00120. The second-order valence-electron chi connectivity index (χ2n) is 4.91. The first-order chi connectivity index (χ1) is 8.59. The van der Waals surface area contributed by atoms with Crippen LogP contribution in [0.4, 0.5) is 0 Å². The van der Waals surface area contributed by atoms with E-state index in [1.54, 1.807) is 18.2 Å². The molecule has 1 fully saturated rings. The summed E-state index contributed by atoms with van der Waals surface area (Å²) in [6.07, 6.45) is 0.00120. The maximum atomic E-state index is 8.74. The van der Waals surface area contributed by atoms with E-state index in [-0.39, 0.29) is 11.7 Å². The average Bonchev–Trinajstić information content (AvgIpc) is 2.35. The number of hydrogen-bond donors (Lipinski definition) is 1. The van der Waals surface area contributed by atoms with Crippen molar-refractivity contribution in [1.29, 1.82) is 5.26 Å². The summed E-state index contributed by atoms with van der Waals surface area (Å²) in [6.45, 7) is 6.12. The molecule has 2 heterocycles. The molecule has 0 saturated carbocycles. The van der Waals surface area contributed by atoms with Gasteiger partial charge in [-0.1, -0.05) is 6.07 Å². The van der Waals surface area contributed by atoms with Crippen molar-refractivity contribution in [2.24, 2.45) is 0 Å². The molecule has 0 spiro atoms. The fraction of sp³-hybridized carbons (Fsp3) is 0.538. The summed E-state index contributed by atoms with van der Waals surface area (Å²) >= 11 is 0. The highest BCUT2D eigenvalue weighted by molar-refractivity contribution is 5.24. The van der Waals surface area contributed by atoms with Crippen molar-refractivity contribution in [1.82, 2.24) is 10.3 Å². The summed E-state index contributed by atoms with van der Waals surface area (Å²) in [4.78, 5) is 4.05. The van der Waals surface area contributed by atoms with Crippen LogP contribution < -0.4 is 10.1 Å². The van der Waals surface area contributed by atoms with Crippen molar-refractivity contribution in [2.45, 2.75) is 25.6 Å². The molecule has 0 amide bonds. The van der Waals surface area contributed by atoms with Crippen LogP contribution in [-0.4, -0.2) is 36.4 Å². The topological polar surface area (TPSA) is 67.2 Å². The van der Waals surface area contributed by atoms with Crippen molar-refractivity contribution in [3.05, 3.63) is 23.9 Å². The van der Waals surface area contributed by atoms with E-state index >= 15 is 0 Å². The van der Waals surface area contributed by atoms with Gasteiger partial charge in [-0.05, 0) is 19.9 Å². The van der Waals surface area contributed by atoms with Crippen LogP contribution in [0.15, 0.2) is 18.2 Å². The first-order valence-corrected chi connectivity index (χ1v) is 5.97. The molecule has 1 saturated heterocycles. The van der Waals surface area contributed by atoms with Crippen molar-refractivity contribution >= 4 is 0 Å². The Bertz CT molecular complexity index is 454. The molecular weight excluding hydrogens is 230 g/mol. The third kappa shape index (κ3) is 3.42. The molecule has 96 valence electrons. The van der Waals surface area contributed by atoms with Crippen molar-refractivity contribution in [3.8, 4) is 11.9 Å². The molecule has 1 unspecified atom stereocenters. The quantitative estimate of drug-likeness (QED) is 0.866. The molecule has 1 N–H and O–H groups in total. The van der Waals surface area contributed by atoms with Gasteiger partial charge in [0.2, 0.25) is 5.88 Å². The van der Waals surface area contributed by atoms with Gasteiger partial charge >= 0.3 is 0 Å². The van der Waals surface area contributed by atoms with Gasteiger partial charge in [0.05, 0.1) is 5.60 Å². The monoisotopic (exact) mass is 247 g/mol. The second-order valence-corrected chi connectivity index (χ2v) is 4.91. The number of nitrogens with one attached hydrogen (secondary N) is 1. The number of nitrogens with zero attached hydrogens (tertiary/aromatic N) is 2. The van der Waals surface area contributed by atoms with Gasteiger partial charge in [0, 0.05) is 19.2 Å². The third-order valence-electron chi connectivity index (χ3n) is 2.66. The van der Waals surface area contributed by atoms with Gasteiger partial charge in [-0.25, -0.2) is 4.98 Å². The van der Waals surface area contributed by atoms with Gasteiger partial charge in [0.1, 0.15) is 24.5 Å². The van der Waals surface area contributed by atoms with Gasteiger partial charge in [0.25, 0.3) is 0 Å². The Hall–Kier alpha value is -1.64. The highest BCUT2D eigenvalue weighted by Gasteiger charge is 2.28. The van der Waals surface area contributed by atoms with Crippen molar-refractivity contribution in [3.63, 3.8) is 0 Å². The van der Waals surface area contributed by atoms with Gasteiger partial charge in [0.15, 0.2) is 0 Å². The molecule has 1 aliphatic heterocycles. The minimum atomic E-state index is -0.172. The molecule has 5 heteroatoms. The standard InChI is InChI=1S/C13H17N3O2/c1-13(2)9-15-7-11(18-13)8-17-12-5-3-4-10(6-14)16-12/h3-5,11,15H,7-9H2,1-2H3. The number of pyridine rings is 1. The van der Waals surface area contributed by atoms with Crippen molar-refractivity contribution in [2.75, 3.05) is 19.7 Å². The van der Waals surface area contributed by atoms with Crippen LogP contribution in [0.25, 0.3) is 0 Å². The molecule has 1 atom stereocenters. The third-order valence-corrected chi connectivity index (χ3v) is 2.66. The first-order valence-electron chi connectivity index (χ1n) is 5.97. The summed E-state index contributed by atoms with van der Waals surface area (Å²) in [5.74, 6) is 0.459. The number of aromatic nitrogens is 1. The lowest BCUT2D eigenvalue weighted by Crippen LogP contribution is -2.52. The molecule has 5 nitrogen and oxygen atoms in total. The predicted molar refractivity (Wildman–Crippen MR) is 66.3 cm³/mol. The van der Waals surface area contributed by atoms with Crippen LogP contribution in [0.1, 0.15) is 19.5 Å². The van der Waals surface area contributed by atoms with Gasteiger partial charge in [-0.2, -0.15) is 5.26 Å². The lowest BCUT2D eigenvalue weighted by molar-refractivity contribution is -0.107. The van der Waals surface area contributed by atoms with Crippen LogP contribution in [0, 0.1) is 11.3 Å². The minimum Gasteiger partial charge on any atom is -0.475 e. The summed E-state index contributed by atoms with van der Waals surface area (Å²) in [5, 5.41) is 12.1. The molecule has 0 radical (unpaired) electrons. The molecule has 2 rings (SSSR count). The van der Waals surface area contributed by atoms with E-state index in [4.69, 9.17) is 14.7 Å². The van der Waals surface area contributed by atoms with E-state index in [9.17, 15) is 0 Å². The summed E-state index contributed by atoms with van der Waals surface area (Å²) in [5.41, 5.74) is 0.185. The van der Waals surface area contributed by atoms with Gasteiger partial charge < -0.3 is 14.8 Å². The lowest BCUT2D eigenvalue weighted by Gasteiger charge is -2.36. The van der Waals surface area contributed by atoms with Crippen LogP contribution >= 0.6 is 0 Å². The summed E-state index contributed by atoms with van der Waals surface area (Å²) < 4.78 is 11.4. The lowest BCUT2D eigenvalue weighted by atomic mass is 10.1. The van der Waals surface area contributed by atoms with E-state index in [1.165, 1.54) is 0 Å². The van der Waals surface area contributed by atoms with E-state index in [0.717, 1.165) is 13.1 Å². The molecule has 0 aromatic carbocycles. The normalized spacial score (nSPS) is 22.2. The van der Waals surface area contributed by atoms with Crippen LogP contribution in [0.2, 0.25) is 0 Å². The zero-order chi connectivity index (χ0) is 13.0. The van der Waals surface area contributed by atoms with Crippen LogP contribution in [-0.2, 0) is 4.74 Å². The number of morpholine rings is 1. The van der Waals surface area contributed by atoms with Crippen LogP contribution in [0.3, 0.4) is 0 Å². The Labute approximate surface area is 107 Å². The number of hydrogen-bond acceptors (Lipinski definition) is 5.